The molecule has 0 aromatic carbocycles. The lowest BCUT2D eigenvalue weighted by molar-refractivity contribution is -0.112. The highest BCUT2D eigenvalue weighted by atomic mass is 16.3. The molecule has 0 saturated carbocycles. The molecule has 0 spiro atoms. The van der Waals surface area contributed by atoms with Gasteiger partial charge in [-0.3, -0.25) is 4.79 Å². The van der Waals surface area contributed by atoms with E-state index in [2.05, 4.69) is 0 Å². The fourth-order valence-electron chi connectivity index (χ4n) is 0.742. The number of carbonyl (C=O) groups is 1. The quantitative estimate of drug-likeness (QED) is 0.605. The molecule has 1 heterocycles. The van der Waals surface area contributed by atoms with Gasteiger partial charge >= 0.3 is 0 Å². The first-order valence-corrected chi connectivity index (χ1v) is 3.43. The summed E-state index contributed by atoms with van der Waals surface area (Å²) < 4.78 is 5.19. The van der Waals surface area contributed by atoms with E-state index in [9.17, 15) is 4.79 Å². The fraction of sp³-hybridized carbons (Fsp3) is 0.222. The van der Waals surface area contributed by atoms with Crippen LogP contribution in [0.4, 0.5) is 0 Å². The number of furan rings is 1. The fourth-order valence-corrected chi connectivity index (χ4v) is 0.742. The second-order valence-electron chi connectivity index (χ2n) is 2.39. The molecule has 0 amide bonds. The van der Waals surface area contributed by atoms with Crippen LogP contribution < -0.4 is 0 Å². The van der Waals surface area contributed by atoms with Crippen molar-refractivity contribution in [1.29, 1.82) is 0 Å². The predicted octanol–water partition coefficient (Wildman–Crippen LogP) is 2.19. The Morgan fingerprint density at radius 3 is 2.73 bits per heavy atom. The number of aryl methyl sites for hydroxylation is 1. The van der Waals surface area contributed by atoms with Crippen molar-refractivity contribution in [3.8, 4) is 0 Å². The summed E-state index contributed by atoms with van der Waals surface area (Å²) in [7, 11) is 0. The molecule has 2 heteroatoms. The van der Waals surface area contributed by atoms with Crippen LogP contribution in [0.1, 0.15) is 18.4 Å². The van der Waals surface area contributed by atoms with E-state index < -0.39 is 0 Å². The SMILES string of the molecule is CC(=O)C=Cc1ccc(C)o1. The van der Waals surface area contributed by atoms with Crippen molar-refractivity contribution in [2.45, 2.75) is 13.8 Å². The van der Waals surface area contributed by atoms with Gasteiger partial charge in [0.1, 0.15) is 11.5 Å². The first-order chi connectivity index (χ1) is 5.18. The van der Waals surface area contributed by atoms with E-state index in [0.29, 0.717) is 0 Å². The summed E-state index contributed by atoms with van der Waals surface area (Å²) >= 11 is 0. The lowest BCUT2D eigenvalue weighted by Gasteiger charge is -1.82. The molecule has 0 saturated heterocycles. The van der Waals surface area contributed by atoms with Gasteiger partial charge in [-0.25, -0.2) is 0 Å². The Bertz CT molecular complexity index is 282. The van der Waals surface area contributed by atoms with Crippen molar-refractivity contribution >= 4 is 11.9 Å². The van der Waals surface area contributed by atoms with Crippen LogP contribution in [0.25, 0.3) is 6.08 Å². The highest BCUT2D eigenvalue weighted by Gasteiger charge is 1.92. The lowest BCUT2D eigenvalue weighted by Crippen LogP contribution is -1.78. The number of ketones is 1. The summed E-state index contributed by atoms with van der Waals surface area (Å²) in [5, 5.41) is 0. The molecule has 0 aliphatic heterocycles. The summed E-state index contributed by atoms with van der Waals surface area (Å²) in [6.07, 6.45) is 3.15. The molecule has 1 aromatic rings. The number of allylic oxidation sites excluding steroid dienone is 1. The van der Waals surface area contributed by atoms with Crippen LogP contribution in [-0.4, -0.2) is 5.78 Å². The number of carbonyl (C=O) groups excluding carboxylic acids is 1. The maximum Gasteiger partial charge on any atom is 0.152 e. The molecule has 0 aliphatic carbocycles. The van der Waals surface area contributed by atoms with Gasteiger partial charge in [-0.15, -0.1) is 0 Å². The highest BCUT2D eigenvalue weighted by Crippen LogP contribution is 2.07. The van der Waals surface area contributed by atoms with Crippen molar-refractivity contribution in [2.75, 3.05) is 0 Å². The summed E-state index contributed by atoms with van der Waals surface area (Å²) in [6.45, 7) is 3.37. The van der Waals surface area contributed by atoms with Gasteiger partial charge in [-0.1, -0.05) is 0 Å². The van der Waals surface area contributed by atoms with Gasteiger partial charge < -0.3 is 4.42 Å². The zero-order valence-corrected chi connectivity index (χ0v) is 6.63. The van der Waals surface area contributed by atoms with Gasteiger partial charge in [-0.05, 0) is 38.1 Å². The van der Waals surface area contributed by atoms with E-state index in [1.165, 1.54) is 13.0 Å². The third kappa shape index (κ3) is 2.42. The van der Waals surface area contributed by atoms with E-state index in [1.807, 2.05) is 19.1 Å². The van der Waals surface area contributed by atoms with E-state index in [1.54, 1.807) is 6.08 Å². The standard InChI is InChI=1S/C9H10O2/c1-7(10)3-5-9-6-4-8(2)11-9/h3-6H,1-2H3. The first-order valence-electron chi connectivity index (χ1n) is 3.43. The van der Waals surface area contributed by atoms with E-state index in [0.717, 1.165) is 11.5 Å². The minimum absolute atomic E-state index is 0.0269. The van der Waals surface area contributed by atoms with E-state index in [-0.39, 0.29) is 5.78 Å². The molecule has 0 unspecified atom stereocenters. The van der Waals surface area contributed by atoms with Crippen molar-refractivity contribution in [1.82, 2.24) is 0 Å². The molecular formula is C9H10O2. The van der Waals surface area contributed by atoms with Gasteiger partial charge in [0.05, 0.1) is 0 Å². The van der Waals surface area contributed by atoms with Crippen LogP contribution in [-0.2, 0) is 4.79 Å². The molecule has 0 fully saturated rings. The Morgan fingerprint density at radius 2 is 2.27 bits per heavy atom. The molecule has 0 N–H and O–H groups in total. The number of rotatable bonds is 2. The van der Waals surface area contributed by atoms with Crippen molar-refractivity contribution in [3.63, 3.8) is 0 Å². The molecule has 0 bridgehead atoms. The average Bonchev–Trinajstić information content (AvgIpc) is 2.31. The Kier molecular flexibility index (Phi) is 2.26. The second kappa shape index (κ2) is 3.19. The third-order valence-electron chi connectivity index (χ3n) is 1.24. The normalized spacial score (nSPS) is 10.7. The van der Waals surface area contributed by atoms with Gasteiger partial charge in [-0.2, -0.15) is 0 Å². The van der Waals surface area contributed by atoms with Gasteiger partial charge in [0.2, 0.25) is 0 Å². The Morgan fingerprint density at radius 1 is 1.55 bits per heavy atom. The maximum absolute atomic E-state index is 10.5. The Labute approximate surface area is 65.5 Å². The van der Waals surface area contributed by atoms with Crippen LogP contribution in [0.2, 0.25) is 0 Å². The summed E-state index contributed by atoms with van der Waals surface area (Å²) in [5.74, 6) is 1.60. The van der Waals surface area contributed by atoms with Crippen LogP contribution in [0.5, 0.6) is 0 Å². The van der Waals surface area contributed by atoms with Gasteiger partial charge in [0.25, 0.3) is 0 Å². The average molecular weight is 150 g/mol. The van der Waals surface area contributed by atoms with Gasteiger partial charge in [0.15, 0.2) is 5.78 Å². The van der Waals surface area contributed by atoms with Crippen LogP contribution in [0, 0.1) is 6.92 Å². The van der Waals surface area contributed by atoms with Gasteiger partial charge in [0, 0.05) is 0 Å². The topological polar surface area (TPSA) is 30.2 Å². The van der Waals surface area contributed by atoms with E-state index in [4.69, 9.17) is 4.42 Å². The minimum Gasteiger partial charge on any atom is -0.462 e. The predicted molar refractivity (Wildman–Crippen MR) is 43.2 cm³/mol. The Balaban J connectivity index is 2.71. The summed E-state index contributed by atoms with van der Waals surface area (Å²) in [6, 6.07) is 3.69. The van der Waals surface area contributed by atoms with E-state index >= 15 is 0 Å². The van der Waals surface area contributed by atoms with Crippen molar-refractivity contribution in [3.05, 3.63) is 29.7 Å². The number of hydrogen-bond acceptors (Lipinski definition) is 2. The lowest BCUT2D eigenvalue weighted by atomic mass is 10.3. The maximum atomic E-state index is 10.5. The molecular weight excluding hydrogens is 140 g/mol. The third-order valence-corrected chi connectivity index (χ3v) is 1.24. The summed E-state index contributed by atoms with van der Waals surface area (Å²) in [4.78, 5) is 10.5. The van der Waals surface area contributed by atoms with Crippen LogP contribution in [0.3, 0.4) is 0 Å². The first kappa shape index (κ1) is 7.79. The monoisotopic (exact) mass is 150 g/mol. The smallest absolute Gasteiger partial charge is 0.152 e. The van der Waals surface area contributed by atoms with Crippen molar-refractivity contribution < 1.29 is 9.21 Å². The molecule has 0 radical (unpaired) electrons. The zero-order valence-electron chi connectivity index (χ0n) is 6.63. The van der Waals surface area contributed by atoms with Crippen LogP contribution >= 0.6 is 0 Å². The Hall–Kier alpha value is -1.31. The second-order valence-corrected chi connectivity index (χ2v) is 2.39. The van der Waals surface area contributed by atoms with Crippen LogP contribution in [0.15, 0.2) is 22.6 Å². The molecule has 11 heavy (non-hydrogen) atoms. The number of hydrogen-bond donors (Lipinski definition) is 0. The zero-order chi connectivity index (χ0) is 8.27. The molecule has 2 nitrogen and oxygen atoms in total. The molecule has 0 aliphatic rings. The minimum atomic E-state index is 0.0269. The largest absolute Gasteiger partial charge is 0.462 e. The highest BCUT2D eigenvalue weighted by molar-refractivity contribution is 5.91. The molecule has 0 atom stereocenters. The van der Waals surface area contributed by atoms with Crippen molar-refractivity contribution in [2.24, 2.45) is 0 Å². The molecule has 1 aromatic heterocycles. The summed E-state index contributed by atoms with van der Waals surface area (Å²) in [5.41, 5.74) is 0. The molecule has 1 rings (SSSR count). The molecule has 58 valence electrons.